The number of hydrogen-bond donors (Lipinski definition) is 7. The van der Waals surface area contributed by atoms with Gasteiger partial charge in [-0.1, -0.05) is 60.7 Å². The van der Waals surface area contributed by atoms with Crippen LogP contribution in [0.3, 0.4) is 0 Å². The zero-order chi connectivity index (χ0) is 67.3. The molecule has 6 N–H and O–H groups in total. The van der Waals surface area contributed by atoms with Gasteiger partial charge < -0.3 is 49.3 Å². The Morgan fingerprint density at radius 2 is 0.914 bits per heavy atom. The van der Waals surface area contributed by atoms with Crippen molar-refractivity contribution in [3.63, 3.8) is 0 Å². The van der Waals surface area contributed by atoms with Gasteiger partial charge in [-0.25, -0.2) is 0 Å². The molecular weight excluding hydrogens is 1400 g/mol. The van der Waals surface area contributed by atoms with Crippen molar-refractivity contribution in [2.75, 3.05) is 44.3 Å². The molecule has 3 aromatic carbocycles. The van der Waals surface area contributed by atoms with Gasteiger partial charge >= 0.3 is 31.6 Å². The number of thioether (sulfide) groups is 3. The second kappa shape index (κ2) is 38.5. The third kappa shape index (κ3) is 26.3. The normalized spacial score (nSPS) is 14.8. The van der Waals surface area contributed by atoms with Crippen LogP contribution in [-0.4, -0.2) is 121 Å². The molecule has 4 saturated carbocycles. The molecule has 0 aliphatic heterocycles. The number of H-pyrrole nitrogens is 1. The van der Waals surface area contributed by atoms with Crippen molar-refractivity contribution in [1.29, 1.82) is 0 Å². The van der Waals surface area contributed by atoms with E-state index >= 15 is 0 Å². The minimum atomic E-state index is -0.711. The molecular formula is C68H78BBr2N4O14S4. The lowest BCUT2D eigenvalue weighted by molar-refractivity contribution is -0.142. The molecule has 0 bridgehead atoms. The molecule has 0 unspecified atom stereocenters. The first-order valence-corrected chi connectivity index (χ1v) is 34.9. The van der Waals surface area contributed by atoms with Crippen LogP contribution in [0.1, 0.15) is 93.7 Å². The molecule has 0 amide bonds. The molecule has 93 heavy (non-hydrogen) atoms. The number of esters is 3. The molecule has 0 atom stereocenters. The van der Waals surface area contributed by atoms with Crippen molar-refractivity contribution in [2.24, 2.45) is 21.7 Å². The molecule has 0 saturated heterocycles. The largest absolute Gasteiger partial charge is 0.569 e. The number of methoxy groups -OCH3 is 3. The summed E-state index contributed by atoms with van der Waals surface area (Å²) in [6.07, 6.45) is 24.6. The van der Waals surface area contributed by atoms with Gasteiger partial charge in [0.25, 0.3) is 0 Å². The Hall–Kier alpha value is -6.00. The fraction of sp³-hybridized carbons (Fsp3) is 0.382. The van der Waals surface area contributed by atoms with E-state index in [4.69, 9.17) is 29.8 Å². The maximum absolute atomic E-state index is 11.6. The van der Waals surface area contributed by atoms with E-state index in [0.29, 0.717) is 37.2 Å². The number of aromatic amines is 1. The van der Waals surface area contributed by atoms with E-state index in [9.17, 15) is 29.1 Å². The molecule has 11 rings (SSSR count). The number of nitrogens with zero attached hydrogens (tertiary/aromatic N) is 3. The summed E-state index contributed by atoms with van der Waals surface area (Å²) in [5.74, 6) is 3.01. The molecule has 4 heterocycles. The van der Waals surface area contributed by atoms with Crippen molar-refractivity contribution in [3.8, 4) is 28.0 Å². The van der Waals surface area contributed by atoms with E-state index in [0.717, 1.165) is 128 Å². The Bertz CT molecular complexity index is 3540. The monoisotopic (exact) mass is 1470 g/mol. The van der Waals surface area contributed by atoms with Gasteiger partial charge in [-0.05, 0) is 169 Å². The number of carboxylic acid groups (broad SMARTS) is 1. The quantitative estimate of drug-likeness (QED) is 0.00921. The van der Waals surface area contributed by atoms with Gasteiger partial charge in [0.15, 0.2) is 5.43 Å². The van der Waals surface area contributed by atoms with Crippen molar-refractivity contribution in [3.05, 3.63) is 182 Å². The summed E-state index contributed by atoms with van der Waals surface area (Å²) < 4.78 is 20.3. The molecule has 4 aromatic heterocycles. The van der Waals surface area contributed by atoms with E-state index in [1.807, 2.05) is 79.1 Å². The first kappa shape index (κ1) is 76.0. The number of thiol groups is 1. The molecule has 495 valence electrons. The third-order valence-electron chi connectivity index (χ3n) is 15.8. The van der Waals surface area contributed by atoms with Gasteiger partial charge in [0.1, 0.15) is 0 Å². The standard InChI is InChI=1S/C19H21NO3S.C18H19NO3S.C12H14BrNO2S.C7H8BO3.C7H12O2S.C5H4BrNO/c1-23-18(22)10-19(7-8-19)13-24-17-6-9-20-11-16(17)15-4-2-14(12-21)3-5-15;20-11-13-1-3-14(4-2-13)15-10-19-8-5-16(15)23-12-18(6-7-18)9-17(21)22;1-16-11(15)6-12(3-4-12)8-17-10-2-5-14-7-9(10)13;9-5-6-1-3-7(4-2-6)11-8-10;1-9-6(8)4-7(5-10)2-3-7;6-4-3-7-2-1-5(4)8/h2-6,9,11,21H,7-8,10,12-13H2,1H3;1-5,8,10,20H,6-7,9,11-12H2,(H,21,22);2,5,7H,3-4,6,8H2,1H3;1-4,9-10H,5H2;10H,2-5H2,1H3;1-3H,(H,7,8). The number of carboxylic acids is 1. The number of hydrogen-bond acceptors (Lipinski definition) is 20. The lowest BCUT2D eigenvalue weighted by Crippen LogP contribution is -2.13. The van der Waals surface area contributed by atoms with Crippen molar-refractivity contribution in [1.82, 2.24) is 19.9 Å². The molecule has 1 radical (unpaired) electrons. The van der Waals surface area contributed by atoms with Crippen molar-refractivity contribution < 1.29 is 63.5 Å². The summed E-state index contributed by atoms with van der Waals surface area (Å²) in [5, 5.41) is 44.3. The number of carbonyl (C=O) groups excluding carboxylic acids is 3. The summed E-state index contributed by atoms with van der Waals surface area (Å²) in [4.78, 5) is 73.9. The van der Waals surface area contributed by atoms with Crippen molar-refractivity contribution in [2.45, 2.75) is 112 Å². The van der Waals surface area contributed by atoms with Crippen LogP contribution in [0.5, 0.6) is 5.75 Å². The number of aromatic nitrogens is 4. The molecule has 7 aromatic rings. The number of nitrogens with one attached hydrogen (secondary N) is 1. The fourth-order valence-electron chi connectivity index (χ4n) is 9.00. The number of aliphatic carboxylic acids is 1. The highest BCUT2D eigenvalue weighted by Crippen LogP contribution is 2.55. The van der Waals surface area contributed by atoms with Crippen LogP contribution in [0, 0.1) is 21.7 Å². The Kier molecular flexibility index (Phi) is 31.5. The summed E-state index contributed by atoms with van der Waals surface area (Å²) in [7, 11) is 4.94. The zero-order valence-corrected chi connectivity index (χ0v) is 58.6. The Labute approximate surface area is 578 Å². The minimum Gasteiger partial charge on any atom is -0.537 e. The number of carbonyl (C=O) groups is 4. The van der Waals surface area contributed by atoms with Crippen LogP contribution in [0.15, 0.2) is 175 Å². The zero-order valence-electron chi connectivity index (χ0n) is 52.0. The minimum absolute atomic E-state index is 0.00347. The summed E-state index contributed by atoms with van der Waals surface area (Å²) in [6.45, 7) is 0.0979. The lowest BCUT2D eigenvalue weighted by atomic mass is 10.1. The van der Waals surface area contributed by atoms with E-state index < -0.39 is 5.97 Å². The molecule has 4 aliphatic rings. The Morgan fingerprint density at radius 1 is 0.538 bits per heavy atom. The topological polar surface area (TPSA) is 278 Å². The predicted molar refractivity (Wildman–Crippen MR) is 374 cm³/mol. The molecule has 0 spiro atoms. The van der Waals surface area contributed by atoms with Gasteiger partial charge in [0, 0.05) is 103 Å². The van der Waals surface area contributed by atoms with Crippen molar-refractivity contribution >= 4 is 111 Å². The van der Waals surface area contributed by atoms with Crippen LogP contribution in [-0.2, 0) is 53.2 Å². The Balaban J connectivity index is 0.000000185. The van der Waals surface area contributed by atoms with E-state index in [1.54, 1.807) is 96.7 Å². The maximum atomic E-state index is 11.6. The number of rotatable bonds is 25. The predicted octanol–water partition coefficient (Wildman–Crippen LogP) is 13.0. The number of ether oxygens (including phenoxy) is 3. The highest BCUT2D eigenvalue weighted by atomic mass is 79.9. The first-order chi connectivity index (χ1) is 44.8. The Morgan fingerprint density at radius 3 is 1.25 bits per heavy atom. The average Bonchev–Trinajstić information content (AvgIpc) is 1.74. The highest BCUT2D eigenvalue weighted by molar-refractivity contribution is 9.10. The number of aliphatic hydroxyl groups is 3. The average molecular weight is 1470 g/mol. The summed E-state index contributed by atoms with van der Waals surface area (Å²) in [6, 6.07) is 29.9. The van der Waals surface area contributed by atoms with Crippen LogP contribution >= 0.6 is 79.8 Å². The van der Waals surface area contributed by atoms with E-state index in [1.165, 1.54) is 32.3 Å². The van der Waals surface area contributed by atoms with Gasteiger partial charge in [0.05, 0.1) is 77.1 Å². The summed E-state index contributed by atoms with van der Waals surface area (Å²) in [5.41, 5.74) is 7.31. The molecule has 25 heteroatoms. The lowest BCUT2D eigenvalue weighted by Gasteiger charge is -2.15. The second-order valence-corrected chi connectivity index (χ2v) is 28.1. The highest BCUT2D eigenvalue weighted by Gasteiger charge is 2.47. The SMILES string of the molecule is COC(=O)CC1(CS)CC1.COC(=O)CC1(CSc2ccncc2-c2ccc(CO)cc2)CC1.COC(=O)CC1(CSc2ccncc2Br)CC1.O=C(O)CC1(CSc2ccncc2-c2ccc(CO)cc2)CC1.O=c1cc[nH]cc1Br.O[B]Oc1ccc(CO)cc1. The van der Waals surface area contributed by atoms with Crippen LogP contribution in [0.25, 0.3) is 22.3 Å². The fourth-order valence-corrected chi connectivity index (χ4v) is 14.2. The van der Waals surface area contributed by atoms with Gasteiger partial charge in [-0.3, -0.25) is 38.9 Å². The van der Waals surface area contributed by atoms with Crippen LogP contribution in [0.4, 0.5) is 0 Å². The second-order valence-electron chi connectivity index (χ2n) is 23.0. The first-order valence-electron chi connectivity index (χ1n) is 29.8. The smallest absolute Gasteiger partial charge is 0.537 e. The number of benzene rings is 3. The summed E-state index contributed by atoms with van der Waals surface area (Å²) >= 11 is 16.0. The van der Waals surface area contributed by atoms with Gasteiger partial charge in [0.2, 0.25) is 0 Å². The van der Waals surface area contributed by atoms with Crippen LogP contribution < -0.4 is 10.1 Å². The third-order valence-corrected chi connectivity index (χ3v) is 22.3. The van der Waals surface area contributed by atoms with Gasteiger partial charge in [-0.2, -0.15) is 12.6 Å². The van der Waals surface area contributed by atoms with Gasteiger partial charge in [-0.15, -0.1) is 35.3 Å². The van der Waals surface area contributed by atoms with E-state index in [2.05, 4.69) is 73.8 Å². The number of halogens is 2. The number of pyridine rings is 4. The van der Waals surface area contributed by atoms with Crippen LogP contribution in [0.2, 0.25) is 0 Å². The molecule has 4 aliphatic carbocycles. The maximum Gasteiger partial charge on any atom is 0.569 e. The molecule has 4 fully saturated rings. The number of aliphatic hydroxyl groups excluding tert-OH is 3. The van der Waals surface area contributed by atoms with E-state index in [-0.39, 0.29) is 71.2 Å². The molecule has 18 nitrogen and oxygen atoms in total.